The fourth-order valence-corrected chi connectivity index (χ4v) is 2.53. The lowest BCUT2D eigenvalue weighted by Gasteiger charge is -2.18. The van der Waals surface area contributed by atoms with E-state index in [9.17, 15) is 0 Å². The minimum absolute atomic E-state index is 1.01. The summed E-state index contributed by atoms with van der Waals surface area (Å²) in [7, 11) is 0. The average Bonchev–Trinajstić information content (AvgIpc) is 3.03. The standard InChI is InChI=1S/C13H18N4.C2H6/c1-9-8-12(16-6-4-5-7-16)13-14-10(2)11(3)17(13)15-9;1-2/h8H,4-7H2,1-3H3;1-2H3. The number of hydrogen-bond acceptors (Lipinski definition) is 3. The summed E-state index contributed by atoms with van der Waals surface area (Å²) in [5.74, 6) is 0. The van der Waals surface area contributed by atoms with E-state index in [0.29, 0.717) is 0 Å². The Balaban J connectivity index is 0.000000637. The molecule has 4 heteroatoms. The second-order valence-electron chi connectivity index (χ2n) is 4.88. The Labute approximate surface area is 115 Å². The van der Waals surface area contributed by atoms with Crippen molar-refractivity contribution in [3.05, 3.63) is 23.1 Å². The lowest BCUT2D eigenvalue weighted by Crippen LogP contribution is -2.19. The number of imidazole rings is 1. The highest BCUT2D eigenvalue weighted by molar-refractivity contribution is 5.70. The number of hydrogen-bond donors (Lipinski definition) is 0. The van der Waals surface area contributed by atoms with Crippen LogP contribution in [0.25, 0.3) is 5.65 Å². The summed E-state index contributed by atoms with van der Waals surface area (Å²) in [6.45, 7) is 12.5. The predicted octanol–water partition coefficient (Wildman–Crippen LogP) is 3.28. The number of anilines is 1. The third-order valence-corrected chi connectivity index (χ3v) is 3.59. The summed E-state index contributed by atoms with van der Waals surface area (Å²) in [6.07, 6.45) is 2.57. The molecule has 0 spiro atoms. The lowest BCUT2D eigenvalue weighted by molar-refractivity contribution is 0.854. The van der Waals surface area contributed by atoms with E-state index >= 15 is 0 Å². The first-order chi connectivity index (χ1) is 9.16. The van der Waals surface area contributed by atoms with E-state index in [2.05, 4.69) is 28.0 Å². The van der Waals surface area contributed by atoms with Crippen molar-refractivity contribution >= 4 is 11.3 Å². The van der Waals surface area contributed by atoms with Gasteiger partial charge in [-0.2, -0.15) is 5.10 Å². The maximum absolute atomic E-state index is 4.66. The van der Waals surface area contributed by atoms with Crippen molar-refractivity contribution in [3.8, 4) is 0 Å². The molecule has 0 amide bonds. The molecular formula is C15H24N4. The van der Waals surface area contributed by atoms with Gasteiger partial charge in [-0.1, -0.05) is 13.8 Å². The first-order valence-electron chi connectivity index (χ1n) is 7.25. The van der Waals surface area contributed by atoms with E-state index in [1.54, 1.807) is 0 Å². The van der Waals surface area contributed by atoms with Crippen molar-refractivity contribution in [1.82, 2.24) is 14.6 Å². The van der Waals surface area contributed by atoms with E-state index in [1.165, 1.54) is 18.5 Å². The molecule has 0 unspecified atom stereocenters. The summed E-state index contributed by atoms with van der Waals surface area (Å²) in [5.41, 5.74) is 5.52. The Kier molecular flexibility index (Phi) is 4.08. The summed E-state index contributed by atoms with van der Waals surface area (Å²) in [6, 6.07) is 2.16. The largest absolute Gasteiger partial charge is 0.368 e. The maximum Gasteiger partial charge on any atom is 0.177 e. The second-order valence-corrected chi connectivity index (χ2v) is 4.88. The minimum atomic E-state index is 1.01. The maximum atomic E-state index is 4.66. The molecule has 3 rings (SSSR count). The number of nitrogens with zero attached hydrogens (tertiary/aromatic N) is 4. The van der Waals surface area contributed by atoms with Gasteiger partial charge >= 0.3 is 0 Å². The SMILES string of the molecule is CC.Cc1cc(N2CCCC2)c2nc(C)c(C)n2n1. The molecule has 0 saturated carbocycles. The van der Waals surface area contributed by atoms with Gasteiger partial charge < -0.3 is 4.90 Å². The van der Waals surface area contributed by atoms with Gasteiger partial charge in [0.15, 0.2) is 5.65 Å². The van der Waals surface area contributed by atoms with Gasteiger partial charge in [-0.3, -0.25) is 0 Å². The van der Waals surface area contributed by atoms with Crippen LogP contribution < -0.4 is 4.90 Å². The van der Waals surface area contributed by atoms with Crippen molar-refractivity contribution in [1.29, 1.82) is 0 Å². The minimum Gasteiger partial charge on any atom is -0.368 e. The normalized spacial score (nSPS) is 14.7. The molecular weight excluding hydrogens is 236 g/mol. The number of aromatic nitrogens is 3. The number of rotatable bonds is 1. The molecule has 104 valence electrons. The van der Waals surface area contributed by atoms with Gasteiger partial charge in [0.2, 0.25) is 0 Å². The third-order valence-electron chi connectivity index (χ3n) is 3.59. The van der Waals surface area contributed by atoms with Gasteiger partial charge in [0, 0.05) is 13.1 Å². The molecule has 4 nitrogen and oxygen atoms in total. The quantitative estimate of drug-likeness (QED) is 0.789. The molecule has 2 aromatic rings. The molecule has 0 N–H and O–H groups in total. The average molecular weight is 260 g/mol. The third kappa shape index (κ3) is 2.44. The summed E-state index contributed by atoms with van der Waals surface area (Å²) in [4.78, 5) is 7.08. The van der Waals surface area contributed by atoms with Crippen LogP contribution in [0.2, 0.25) is 0 Å². The molecule has 19 heavy (non-hydrogen) atoms. The van der Waals surface area contributed by atoms with Crippen LogP contribution in [0.5, 0.6) is 0 Å². The van der Waals surface area contributed by atoms with E-state index in [1.807, 2.05) is 32.2 Å². The van der Waals surface area contributed by atoms with Gasteiger partial charge in [0.25, 0.3) is 0 Å². The molecule has 1 aliphatic heterocycles. The predicted molar refractivity (Wildman–Crippen MR) is 80.0 cm³/mol. The molecule has 0 aromatic carbocycles. The molecule has 1 saturated heterocycles. The highest BCUT2D eigenvalue weighted by Gasteiger charge is 2.18. The zero-order valence-corrected chi connectivity index (χ0v) is 12.7. The van der Waals surface area contributed by atoms with Crippen LogP contribution in [-0.4, -0.2) is 27.7 Å². The number of aryl methyl sites for hydroxylation is 3. The Morgan fingerprint density at radius 2 is 1.68 bits per heavy atom. The van der Waals surface area contributed by atoms with Crippen LogP contribution in [0.15, 0.2) is 6.07 Å². The molecule has 0 bridgehead atoms. The molecule has 0 radical (unpaired) electrons. The first-order valence-corrected chi connectivity index (χ1v) is 7.25. The fourth-order valence-electron chi connectivity index (χ4n) is 2.53. The van der Waals surface area contributed by atoms with Gasteiger partial charge in [-0.15, -0.1) is 0 Å². The van der Waals surface area contributed by atoms with Crippen LogP contribution >= 0.6 is 0 Å². The highest BCUT2D eigenvalue weighted by Crippen LogP contribution is 2.26. The lowest BCUT2D eigenvalue weighted by atomic mass is 10.3. The monoisotopic (exact) mass is 260 g/mol. The first kappa shape index (κ1) is 13.8. The van der Waals surface area contributed by atoms with Crippen molar-refractivity contribution < 1.29 is 0 Å². The van der Waals surface area contributed by atoms with Gasteiger partial charge in [0.1, 0.15) is 0 Å². The van der Waals surface area contributed by atoms with Crippen molar-refractivity contribution in [2.24, 2.45) is 0 Å². The van der Waals surface area contributed by atoms with E-state index in [-0.39, 0.29) is 0 Å². The highest BCUT2D eigenvalue weighted by atomic mass is 15.3. The molecule has 2 aromatic heterocycles. The summed E-state index contributed by atoms with van der Waals surface area (Å²) < 4.78 is 1.98. The van der Waals surface area contributed by atoms with Crippen LogP contribution in [0.3, 0.4) is 0 Å². The zero-order chi connectivity index (χ0) is 14.0. The van der Waals surface area contributed by atoms with Gasteiger partial charge in [0.05, 0.1) is 22.8 Å². The molecule has 0 aliphatic carbocycles. The van der Waals surface area contributed by atoms with E-state index in [0.717, 1.165) is 35.8 Å². The van der Waals surface area contributed by atoms with Crippen LogP contribution in [0.1, 0.15) is 43.8 Å². The van der Waals surface area contributed by atoms with Gasteiger partial charge in [-0.05, 0) is 39.7 Å². The number of fused-ring (bicyclic) bond motifs is 1. The van der Waals surface area contributed by atoms with E-state index < -0.39 is 0 Å². The zero-order valence-electron chi connectivity index (χ0n) is 12.7. The Morgan fingerprint density at radius 1 is 1.05 bits per heavy atom. The Hall–Kier alpha value is -1.58. The van der Waals surface area contributed by atoms with Gasteiger partial charge in [-0.25, -0.2) is 9.50 Å². The molecule has 3 heterocycles. The molecule has 0 atom stereocenters. The smallest absolute Gasteiger partial charge is 0.177 e. The molecule has 1 aliphatic rings. The summed E-state index contributed by atoms with van der Waals surface area (Å²) >= 11 is 0. The van der Waals surface area contributed by atoms with Crippen molar-refractivity contribution in [3.63, 3.8) is 0 Å². The van der Waals surface area contributed by atoms with Crippen LogP contribution in [0, 0.1) is 20.8 Å². The molecule has 1 fully saturated rings. The van der Waals surface area contributed by atoms with Crippen molar-refractivity contribution in [2.45, 2.75) is 47.5 Å². The topological polar surface area (TPSA) is 33.4 Å². The summed E-state index contributed by atoms with van der Waals surface area (Å²) in [5, 5.41) is 4.56. The Bertz CT molecular complexity index is 565. The van der Waals surface area contributed by atoms with E-state index in [4.69, 9.17) is 0 Å². The van der Waals surface area contributed by atoms with Crippen molar-refractivity contribution in [2.75, 3.05) is 18.0 Å². The fraction of sp³-hybridized carbons (Fsp3) is 0.600. The second kappa shape index (κ2) is 5.59. The van der Waals surface area contributed by atoms with Crippen LogP contribution in [0.4, 0.5) is 5.69 Å². The Morgan fingerprint density at radius 3 is 2.32 bits per heavy atom. The van der Waals surface area contributed by atoms with Crippen LogP contribution in [-0.2, 0) is 0 Å².